The van der Waals surface area contributed by atoms with Crippen LogP contribution in [0.5, 0.6) is 5.75 Å². The highest BCUT2D eigenvalue weighted by atomic mass is 79.9. The van der Waals surface area contributed by atoms with Crippen LogP contribution >= 0.6 is 28.1 Å². The lowest BCUT2D eigenvalue weighted by Crippen LogP contribution is -2.27. The summed E-state index contributed by atoms with van der Waals surface area (Å²) in [5, 5.41) is 0. The summed E-state index contributed by atoms with van der Waals surface area (Å²) in [4.78, 5) is 0.361. The Bertz CT molecular complexity index is 419. The third kappa shape index (κ3) is 3.40. The molecular weight excluding hydrogens is 302 g/mol. The van der Waals surface area contributed by atoms with Gasteiger partial charge in [0.25, 0.3) is 0 Å². The molecule has 2 N–H and O–H groups in total. The number of thiocarbonyl (C=S) groups is 1. The maximum absolute atomic E-state index is 5.95. The van der Waals surface area contributed by atoms with Gasteiger partial charge in [-0.1, -0.05) is 28.1 Å². The maximum Gasteiger partial charge on any atom is 0.131 e. The zero-order valence-corrected chi connectivity index (χ0v) is 11.7. The number of hydrogen-bond donors (Lipinski definition) is 1. The molecule has 0 aliphatic carbocycles. The molecule has 1 aromatic rings. The molecule has 1 saturated heterocycles. The Kier molecular flexibility index (Phi) is 4.36. The largest absolute Gasteiger partial charge is 0.489 e. The Morgan fingerprint density at radius 3 is 2.76 bits per heavy atom. The third-order valence-electron chi connectivity index (χ3n) is 2.67. The lowest BCUT2D eigenvalue weighted by molar-refractivity contribution is 0.0255. The molecule has 1 fully saturated rings. The minimum absolute atomic E-state index is 0.186. The van der Waals surface area contributed by atoms with E-state index in [1.165, 1.54) is 0 Å². The molecule has 5 heteroatoms. The number of halogens is 1. The molecule has 92 valence electrons. The number of benzene rings is 1. The van der Waals surface area contributed by atoms with Crippen LogP contribution in [0.2, 0.25) is 0 Å². The van der Waals surface area contributed by atoms with E-state index in [1.807, 2.05) is 18.2 Å². The Morgan fingerprint density at radius 1 is 1.41 bits per heavy atom. The van der Waals surface area contributed by atoms with Crippen molar-refractivity contribution in [2.75, 3.05) is 13.2 Å². The monoisotopic (exact) mass is 315 g/mol. The molecule has 0 amide bonds. The van der Waals surface area contributed by atoms with E-state index in [-0.39, 0.29) is 6.10 Å². The van der Waals surface area contributed by atoms with Crippen LogP contribution in [0, 0.1) is 0 Å². The molecule has 0 spiro atoms. The van der Waals surface area contributed by atoms with Gasteiger partial charge in [0.15, 0.2) is 0 Å². The Balaban J connectivity index is 2.17. The number of rotatable bonds is 3. The molecule has 2 rings (SSSR count). The van der Waals surface area contributed by atoms with Gasteiger partial charge in [-0.15, -0.1) is 0 Å². The maximum atomic E-state index is 5.95. The molecule has 1 aliphatic rings. The van der Waals surface area contributed by atoms with Crippen molar-refractivity contribution in [1.29, 1.82) is 0 Å². The van der Waals surface area contributed by atoms with E-state index in [0.29, 0.717) is 4.99 Å². The van der Waals surface area contributed by atoms with E-state index in [2.05, 4.69) is 15.9 Å². The summed E-state index contributed by atoms with van der Waals surface area (Å²) < 4.78 is 12.2. The van der Waals surface area contributed by atoms with Crippen molar-refractivity contribution in [2.45, 2.75) is 18.9 Å². The first-order valence-electron chi connectivity index (χ1n) is 5.50. The average molecular weight is 316 g/mol. The van der Waals surface area contributed by atoms with Gasteiger partial charge < -0.3 is 15.2 Å². The van der Waals surface area contributed by atoms with E-state index < -0.39 is 0 Å². The number of hydrogen-bond acceptors (Lipinski definition) is 3. The summed E-state index contributed by atoms with van der Waals surface area (Å²) in [6.45, 7) is 1.50. The van der Waals surface area contributed by atoms with Crippen LogP contribution in [0.25, 0.3) is 0 Å². The first kappa shape index (κ1) is 12.8. The average Bonchev–Trinajstić information content (AvgIpc) is 2.30. The summed E-state index contributed by atoms with van der Waals surface area (Å²) in [6, 6.07) is 5.69. The predicted molar refractivity (Wildman–Crippen MR) is 74.5 cm³/mol. The molecule has 3 nitrogen and oxygen atoms in total. The van der Waals surface area contributed by atoms with E-state index in [1.54, 1.807) is 0 Å². The van der Waals surface area contributed by atoms with Gasteiger partial charge in [-0.25, -0.2) is 0 Å². The van der Waals surface area contributed by atoms with Crippen molar-refractivity contribution in [3.63, 3.8) is 0 Å². The van der Waals surface area contributed by atoms with Crippen LogP contribution in [-0.2, 0) is 4.74 Å². The SMILES string of the molecule is NC(=S)c1ccc(Br)cc1OC1CCOCC1. The van der Waals surface area contributed by atoms with Crippen molar-refractivity contribution in [3.05, 3.63) is 28.2 Å². The molecule has 1 aliphatic heterocycles. The van der Waals surface area contributed by atoms with Crippen molar-refractivity contribution in [3.8, 4) is 5.75 Å². The van der Waals surface area contributed by atoms with Gasteiger partial charge in [0.2, 0.25) is 0 Å². The highest BCUT2D eigenvalue weighted by Crippen LogP contribution is 2.26. The van der Waals surface area contributed by atoms with Crippen LogP contribution in [0.3, 0.4) is 0 Å². The van der Waals surface area contributed by atoms with E-state index in [9.17, 15) is 0 Å². The first-order chi connectivity index (χ1) is 8.16. The summed E-state index contributed by atoms with van der Waals surface area (Å²) in [5.74, 6) is 0.749. The molecule has 17 heavy (non-hydrogen) atoms. The van der Waals surface area contributed by atoms with E-state index in [4.69, 9.17) is 27.4 Å². The number of nitrogens with two attached hydrogens (primary N) is 1. The molecule has 1 aromatic carbocycles. The van der Waals surface area contributed by atoms with Crippen molar-refractivity contribution >= 4 is 33.1 Å². The van der Waals surface area contributed by atoms with Crippen LogP contribution in [-0.4, -0.2) is 24.3 Å². The van der Waals surface area contributed by atoms with Gasteiger partial charge in [0.1, 0.15) is 16.8 Å². The van der Waals surface area contributed by atoms with E-state index >= 15 is 0 Å². The molecular formula is C12H14BrNO2S. The van der Waals surface area contributed by atoms with Crippen LogP contribution in [0.4, 0.5) is 0 Å². The van der Waals surface area contributed by atoms with Gasteiger partial charge in [-0.3, -0.25) is 0 Å². The highest BCUT2D eigenvalue weighted by molar-refractivity contribution is 9.10. The Morgan fingerprint density at radius 2 is 2.12 bits per heavy atom. The van der Waals surface area contributed by atoms with Crippen molar-refractivity contribution in [1.82, 2.24) is 0 Å². The van der Waals surface area contributed by atoms with Crippen molar-refractivity contribution < 1.29 is 9.47 Å². The van der Waals surface area contributed by atoms with Gasteiger partial charge in [-0.2, -0.15) is 0 Å². The fraction of sp³-hybridized carbons (Fsp3) is 0.417. The summed E-state index contributed by atoms with van der Waals surface area (Å²) in [6.07, 6.45) is 2.00. The first-order valence-corrected chi connectivity index (χ1v) is 6.70. The second-order valence-corrected chi connectivity index (χ2v) is 5.29. The highest BCUT2D eigenvalue weighted by Gasteiger charge is 2.17. The number of ether oxygens (including phenoxy) is 2. The molecule has 0 unspecified atom stereocenters. The zero-order chi connectivity index (χ0) is 12.3. The van der Waals surface area contributed by atoms with Gasteiger partial charge >= 0.3 is 0 Å². The summed E-state index contributed by atoms with van der Waals surface area (Å²) in [5.41, 5.74) is 6.47. The fourth-order valence-electron chi connectivity index (χ4n) is 1.77. The molecule has 0 bridgehead atoms. The minimum atomic E-state index is 0.186. The molecule has 0 saturated carbocycles. The fourth-order valence-corrected chi connectivity index (χ4v) is 2.28. The lowest BCUT2D eigenvalue weighted by atomic mass is 10.1. The second-order valence-electron chi connectivity index (χ2n) is 3.93. The van der Waals surface area contributed by atoms with Crippen molar-refractivity contribution in [2.24, 2.45) is 5.73 Å². The summed E-state index contributed by atoms with van der Waals surface area (Å²) in [7, 11) is 0. The minimum Gasteiger partial charge on any atom is -0.489 e. The molecule has 0 aromatic heterocycles. The molecule has 0 atom stereocenters. The van der Waals surface area contributed by atoms with Crippen LogP contribution in [0.15, 0.2) is 22.7 Å². The Labute approximate surface area is 114 Å². The Hall–Kier alpha value is -0.650. The molecule has 1 heterocycles. The normalized spacial score (nSPS) is 16.8. The van der Waals surface area contributed by atoms with Gasteiger partial charge in [-0.05, 0) is 18.2 Å². The van der Waals surface area contributed by atoms with E-state index in [0.717, 1.165) is 41.8 Å². The molecule has 0 radical (unpaired) electrons. The van der Waals surface area contributed by atoms with Crippen LogP contribution in [0.1, 0.15) is 18.4 Å². The third-order valence-corrected chi connectivity index (χ3v) is 3.38. The lowest BCUT2D eigenvalue weighted by Gasteiger charge is -2.24. The van der Waals surface area contributed by atoms with Crippen LogP contribution < -0.4 is 10.5 Å². The predicted octanol–water partition coefficient (Wildman–Crippen LogP) is 2.64. The van der Waals surface area contributed by atoms with Gasteiger partial charge in [0, 0.05) is 17.3 Å². The zero-order valence-electron chi connectivity index (χ0n) is 9.32. The quantitative estimate of drug-likeness (QED) is 0.871. The topological polar surface area (TPSA) is 44.5 Å². The van der Waals surface area contributed by atoms with Gasteiger partial charge in [0.05, 0.1) is 18.8 Å². The standard InChI is InChI=1S/C12H14BrNO2S/c13-8-1-2-10(12(14)17)11(7-8)16-9-3-5-15-6-4-9/h1-2,7,9H,3-6H2,(H2,14,17). The second kappa shape index (κ2) is 5.80. The smallest absolute Gasteiger partial charge is 0.131 e. The summed E-state index contributed by atoms with van der Waals surface area (Å²) >= 11 is 8.44.